The molecule has 1 N–H and O–H groups in total. The molecule has 0 radical (unpaired) electrons. The van der Waals surface area contributed by atoms with Crippen molar-refractivity contribution in [2.45, 2.75) is 74.3 Å². The molecule has 0 saturated heterocycles. The van der Waals surface area contributed by atoms with Gasteiger partial charge in [-0.2, -0.15) is 11.8 Å². The molecule has 0 atom stereocenters. The Labute approximate surface area is 98.8 Å². The molecule has 2 fully saturated rings. The second kappa shape index (κ2) is 6.15. The highest BCUT2D eigenvalue weighted by Crippen LogP contribution is 2.36. The molecule has 1 nitrogen and oxygen atoms in total. The van der Waals surface area contributed by atoms with Gasteiger partial charge in [0.1, 0.15) is 0 Å². The third-order valence-corrected chi connectivity index (χ3v) is 5.73. The van der Waals surface area contributed by atoms with Gasteiger partial charge in [-0.3, -0.25) is 0 Å². The molecular weight excluding hydrogens is 202 g/mol. The Morgan fingerprint density at radius 1 is 0.800 bits per heavy atom. The lowest BCUT2D eigenvalue weighted by molar-refractivity contribution is 0.400. The lowest BCUT2D eigenvalue weighted by Gasteiger charge is -2.31. The second-order valence-corrected chi connectivity index (χ2v) is 6.76. The van der Waals surface area contributed by atoms with Crippen LogP contribution < -0.4 is 5.32 Å². The molecule has 0 unspecified atom stereocenters. The van der Waals surface area contributed by atoms with Crippen molar-refractivity contribution in [1.82, 2.24) is 5.32 Å². The molecule has 0 bridgehead atoms. The zero-order valence-corrected chi connectivity index (χ0v) is 10.8. The highest BCUT2D eigenvalue weighted by Gasteiger charge is 2.24. The van der Waals surface area contributed by atoms with Gasteiger partial charge < -0.3 is 5.32 Å². The van der Waals surface area contributed by atoms with E-state index in [1.807, 2.05) is 0 Å². The summed E-state index contributed by atoms with van der Waals surface area (Å²) in [4.78, 5) is 0. The van der Waals surface area contributed by atoms with Crippen LogP contribution >= 0.6 is 11.8 Å². The van der Waals surface area contributed by atoms with E-state index in [-0.39, 0.29) is 0 Å². The fourth-order valence-corrected chi connectivity index (χ4v) is 4.66. The van der Waals surface area contributed by atoms with E-state index in [0.717, 1.165) is 16.5 Å². The third-order valence-electron chi connectivity index (χ3n) is 4.02. The van der Waals surface area contributed by atoms with Gasteiger partial charge in [-0.1, -0.05) is 19.3 Å². The van der Waals surface area contributed by atoms with Crippen LogP contribution in [-0.4, -0.2) is 23.6 Å². The molecule has 88 valence electrons. The molecule has 2 saturated carbocycles. The van der Waals surface area contributed by atoms with Crippen molar-refractivity contribution in [2.24, 2.45) is 0 Å². The maximum absolute atomic E-state index is 3.42. The normalized spacial score (nSPS) is 34.2. The summed E-state index contributed by atoms with van der Waals surface area (Å²) in [6.07, 6.45) is 13.2. The van der Waals surface area contributed by atoms with Gasteiger partial charge in [-0.15, -0.1) is 0 Å². The van der Waals surface area contributed by atoms with E-state index in [4.69, 9.17) is 0 Å². The first-order chi connectivity index (χ1) is 7.38. The smallest absolute Gasteiger partial charge is 0.00648 e. The predicted octanol–water partition coefficient (Wildman–Crippen LogP) is 3.58. The molecule has 0 spiro atoms. The first-order valence-corrected chi connectivity index (χ1v) is 7.65. The van der Waals surface area contributed by atoms with Gasteiger partial charge in [-0.25, -0.2) is 0 Å². The molecule has 0 aromatic rings. The van der Waals surface area contributed by atoms with E-state index in [0.29, 0.717) is 0 Å². The molecule has 0 heterocycles. The quantitative estimate of drug-likeness (QED) is 0.791. The average Bonchev–Trinajstić information content (AvgIpc) is 2.31. The Kier molecular flexibility index (Phi) is 4.83. The summed E-state index contributed by atoms with van der Waals surface area (Å²) in [6.45, 7) is 0. The average molecular weight is 227 g/mol. The number of hydrogen-bond donors (Lipinski definition) is 1. The predicted molar refractivity (Wildman–Crippen MR) is 69.6 cm³/mol. The molecular formula is C13H25NS. The van der Waals surface area contributed by atoms with Crippen molar-refractivity contribution in [3.05, 3.63) is 0 Å². The van der Waals surface area contributed by atoms with Crippen molar-refractivity contribution in [3.8, 4) is 0 Å². The minimum atomic E-state index is 0.813. The van der Waals surface area contributed by atoms with Crippen molar-refractivity contribution >= 4 is 11.8 Å². The van der Waals surface area contributed by atoms with Crippen LogP contribution in [0, 0.1) is 0 Å². The lowest BCUT2D eigenvalue weighted by Crippen LogP contribution is -2.31. The van der Waals surface area contributed by atoms with E-state index in [9.17, 15) is 0 Å². The molecule has 2 heteroatoms. The monoisotopic (exact) mass is 227 g/mol. The van der Waals surface area contributed by atoms with Crippen LogP contribution in [0.4, 0.5) is 0 Å². The fraction of sp³-hybridized carbons (Fsp3) is 1.00. The largest absolute Gasteiger partial charge is 0.317 e. The summed E-state index contributed by atoms with van der Waals surface area (Å²) in [5.74, 6) is 0. The summed E-state index contributed by atoms with van der Waals surface area (Å²) in [5.41, 5.74) is 0. The maximum atomic E-state index is 3.42. The van der Waals surface area contributed by atoms with Crippen molar-refractivity contribution < 1.29 is 0 Å². The number of nitrogens with one attached hydrogen (secondary N) is 1. The maximum Gasteiger partial charge on any atom is 0.00648 e. The van der Waals surface area contributed by atoms with Gasteiger partial charge in [0.25, 0.3) is 0 Å². The summed E-state index contributed by atoms with van der Waals surface area (Å²) in [7, 11) is 2.11. The Bertz CT molecular complexity index is 169. The Morgan fingerprint density at radius 3 is 2.00 bits per heavy atom. The van der Waals surface area contributed by atoms with Crippen LogP contribution in [0.25, 0.3) is 0 Å². The van der Waals surface area contributed by atoms with Crippen LogP contribution in [0.5, 0.6) is 0 Å². The zero-order valence-electron chi connectivity index (χ0n) is 10.0. The van der Waals surface area contributed by atoms with E-state index >= 15 is 0 Å². The van der Waals surface area contributed by atoms with E-state index in [1.54, 1.807) is 0 Å². The van der Waals surface area contributed by atoms with E-state index in [1.165, 1.54) is 57.8 Å². The molecule has 2 aliphatic carbocycles. The highest BCUT2D eigenvalue weighted by molar-refractivity contribution is 8.00. The molecule has 0 aromatic heterocycles. The minimum Gasteiger partial charge on any atom is -0.317 e. The molecule has 2 aliphatic rings. The second-order valence-electron chi connectivity index (χ2n) is 5.16. The summed E-state index contributed by atoms with van der Waals surface area (Å²) in [5, 5.41) is 5.41. The summed E-state index contributed by atoms with van der Waals surface area (Å²) >= 11 is 2.33. The van der Waals surface area contributed by atoms with Gasteiger partial charge in [0.2, 0.25) is 0 Å². The molecule has 2 rings (SSSR count). The molecule has 0 aromatic carbocycles. The van der Waals surface area contributed by atoms with Crippen LogP contribution in [0.1, 0.15) is 57.8 Å². The third kappa shape index (κ3) is 3.67. The molecule has 15 heavy (non-hydrogen) atoms. The number of hydrogen-bond acceptors (Lipinski definition) is 2. The minimum absolute atomic E-state index is 0.813. The molecule has 0 amide bonds. The first kappa shape index (κ1) is 11.8. The fourth-order valence-electron chi connectivity index (χ4n) is 2.96. The van der Waals surface area contributed by atoms with Crippen molar-refractivity contribution in [1.29, 1.82) is 0 Å². The number of rotatable bonds is 3. The molecule has 0 aliphatic heterocycles. The Hall–Kier alpha value is 0.310. The van der Waals surface area contributed by atoms with Gasteiger partial charge >= 0.3 is 0 Å². The Morgan fingerprint density at radius 2 is 1.40 bits per heavy atom. The zero-order chi connectivity index (χ0) is 10.5. The van der Waals surface area contributed by atoms with E-state index in [2.05, 4.69) is 24.1 Å². The van der Waals surface area contributed by atoms with Gasteiger partial charge in [0.05, 0.1) is 0 Å². The van der Waals surface area contributed by atoms with E-state index < -0.39 is 0 Å². The summed E-state index contributed by atoms with van der Waals surface area (Å²) in [6, 6.07) is 0.813. The van der Waals surface area contributed by atoms with Crippen LogP contribution in [0.15, 0.2) is 0 Å². The standard InChI is InChI=1S/C13H25NS/c1-14-11-7-9-13(10-8-11)15-12-5-3-2-4-6-12/h11-14H,2-10H2,1H3. The Balaban J connectivity index is 1.67. The van der Waals surface area contributed by atoms with Crippen LogP contribution in [-0.2, 0) is 0 Å². The highest BCUT2D eigenvalue weighted by atomic mass is 32.2. The van der Waals surface area contributed by atoms with Crippen molar-refractivity contribution in [2.75, 3.05) is 7.05 Å². The topological polar surface area (TPSA) is 12.0 Å². The number of thioether (sulfide) groups is 1. The lowest BCUT2D eigenvalue weighted by atomic mass is 9.95. The van der Waals surface area contributed by atoms with Gasteiger partial charge in [0, 0.05) is 16.5 Å². The van der Waals surface area contributed by atoms with Crippen LogP contribution in [0.2, 0.25) is 0 Å². The van der Waals surface area contributed by atoms with Crippen molar-refractivity contribution in [3.63, 3.8) is 0 Å². The first-order valence-electron chi connectivity index (χ1n) is 6.71. The van der Waals surface area contributed by atoms with Gasteiger partial charge in [0.15, 0.2) is 0 Å². The summed E-state index contributed by atoms with van der Waals surface area (Å²) < 4.78 is 0. The van der Waals surface area contributed by atoms with Crippen LogP contribution in [0.3, 0.4) is 0 Å². The SMILES string of the molecule is CNC1CCC(SC2CCCCC2)CC1. The van der Waals surface area contributed by atoms with Gasteiger partial charge in [-0.05, 0) is 45.6 Å².